The Balaban J connectivity index is 2.19. The standard InChI is InChI=1S/C17H18INO3/c1-11-7-8-15(12(2)9-11)21-10-13-14(18)5-4-6-16(13)22-17(20)19-3/h4-9H,10H2,1-3H3,(H,19,20). The van der Waals surface area contributed by atoms with Crippen LogP contribution in [0.1, 0.15) is 16.7 Å². The molecule has 116 valence electrons. The number of rotatable bonds is 4. The van der Waals surface area contributed by atoms with E-state index in [1.54, 1.807) is 6.07 Å². The molecule has 1 amide bonds. The van der Waals surface area contributed by atoms with Gasteiger partial charge in [0.05, 0.1) is 0 Å². The summed E-state index contributed by atoms with van der Waals surface area (Å²) in [6.45, 7) is 4.40. The number of benzene rings is 2. The van der Waals surface area contributed by atoms with Crippen molar-refractivity contribution >= 4 is 28.7 Å². The predicted octanol–water partition coefficient (Wildman–Crippen LogP) is 4.21. The van der Waals surface area contributed by atoms with Gasteiger partial charge >= 0.3 is 6.09 Å². The number of ether oxygens (including phenoxy) is 2. The van der Waals surface area contributed by atoms with Crippen LogP contribution in [0.5, 0.6) is 11.5 Å². The zero-order valence-electron chi connectivity index (χ0n) is 12.8. The Hall–Kier alpha value is -1.76. The molecule has 0 aromatic heterocycles. The molecule has 4 nitrogen and oxygen atoms in total. The van der Waals surface area contributed by atoms with E-state index in [9.17, 15) is 4.79 Å². The molecule has 2 rings (SSSR count). The molecule has 0 aliphatic carbocycles. The van der Waals surface area contributed by atoms with Crippen LogP contribution < -0.4 is 14.8 Å². The van der Waals surface area contributed by atoms with E-state index in [1.807, 2.05) is 38.1 Å². The Morgan fingerprint density at radius 2 is 1.95 bits per heavy atom. The van der Waals surface area contributed by atoms with Gasteiger partial charge < -0.3 is 14.8 Å². The van der Waals surface area contributed by atoms with E-state index in [1.165, 1.54) is 12.6 Å². The van der Waals surface area contributed by atoms with Gasteiger partial charge in [-0.25, -0.2) is 4.79 Å². The predicted molar refractivity (Wildman–Crippen MR) is 94.5 cm³/mol. The minimum absolute atomic E-state index is 0.343. The van der Waals surface area contributed by atoms with Crippen molar-refractivity contribution in [3.05, 3.63) is 56.7 Å². The van der Waals surface area contributed by atoms with E-state index in [2.05, 4.69) is 34.0 Å². The van der Waals surface area contributed by atoms with Gasteiger partial charge in [0.1, 0.15) is 18.1 Å². The number of nitrogens with one attached hydrogen (secondary N) is 1. The van der Waals surface area contributed by atoms with Crippen LogP contribution in [-0.4, -0.2) is 13.1 Å². The van der Waals surface area contributed by atoms with Crippen molar-refractivity contribution in [3.8, 4) is 11.5 Å². The van der Waals surface area contributed by atoms with Gasteiger partial charge in [0.25, 0.3) is 0 Å². The molecule has 0 radical (unpaired) electrons. The summed E-state index contributed by atoms with van der Waals surface area (Å²) in [5.41, 5.74) is 3.13. The summed E-state index contributed by atoms with van der Waals surface area (Å²) in [6, 6.07) is 11.6. The second-order valence-electron chi connectivity index (χ2n) is 4.91. The summed E-state index contributed by atoms with van der Waals surface area (Å²) < 4.78 is 12.2. The highest BCUT2D eigenvalue weighted by Gasteiger charge is 2.12. The molecule has 0 bridgehead atoms. The summed E-state index contributed by atoms with van der Waals surface area (Å²) in [5.74, 6) is 1.34. The van der Waals surface area contributed by atoms with E-state index in [-0.39, 0.29) is 0 Å². The van der Waals surface area contributed by atoms with Gasteiger partial charge in [-0.15, -0.1) is 0 Å². The highest BCUT2D eigenvalue weighted by atomic mass is 127. The third-order valence-corrected chi connectivity index (χ3v) is 4.20. The van der Waals surface area contributed by atoms with Gasteiger partial charge in [0.2, 0.25) is 0 Å². The lowest BCUT2D eigenvalue weighted by atomic mass is 10.1. The van der Waals surface area contributed by atoms with Crippen LogP contribution in [-0.2, 0) is 6.61 Å². The minimum Gasteiger partial charge on any atom is -0.488 e. The van der Waals surface area contributed by atoms with E-state index < -0.39 is 6.09 Å². The number of aryl methyl sites for hydroxylation is 2. The first-order chi connectivity index (χ1) is 10.5. The maximum Gasteiger partial charge on any atom is 0.412 e. The van der Waals surface area contributed by atoms with E-state index in [4.69, 9.17) is 9.47 Å². The molecule has 2 aromatic rings. The van der Waals surface area contributed by atoms with Crippen LogP contribution in [0.2, 0.25) is 0 Å². The van der Waals surface area contributed by atoms with E-state index in [0.717, 1.165) is 20.4 Å². The molecule has 1 N–H and O–H groups in total. The van der Waals surface area contributed by atoms with Crippen molar-refractivity contribution in [1.29, 1.82) is 0 Å². The molecule has 0 spiro atoms. The van der Waals surface area contributed by atoms with Crippen LogP contribution in [0.25, 0.3) is 0 Å². The first-order valence-corrected chi connectivity index (χ1v) is 7.96. The fraction of sp³-hybridized carbons (Fsp3) is 0.235. The molecule has 0 atom stereocenters. The molecule has 0 heterocycles. The van der Waals surface area contributed by atoms with Crippen molar-refractivity contribution in [2.45, 2.75) is 20.5 Å². The average Bonchev–Trinajstić information content (AvgIpc) is 2.48. The Bertz CT molecular complexity index is 686. The van der Waals surface area contributed by atoms with Crippen LogP contribution in [0.3, 0.4) is 0 Å². The smallest absolute Gasteiger partial charge is 0.412 e. The molecule has 22 heavy (non-hydrogen) atoms. The molecule has 2 aromatic carbocycles. The van der Waals surface area contributed by atoms with Crippen LogP contribution in [0.4, 0.5) is 4.79 Å². The van der Waals surface area contributed by atoms with Crippen molar-refractivity contribution < 1.29 is 14.3 Å². The van der Waals surface area contributed by atoms with Crippen molar-refractivity contribution in [2.24, 2.45) is 0 Å². The lowest BCUT2D eigenvalue weighted by molar-refractivity contribution is 0.201. The Morgan fingerprint density at radius 1 is 1.18 bits per heavy atom. The van der Waals surface area contributed by atoms with Gasteiger partial charge in [0.15, 0.2) is 0 Å². The third kappa shape index (κ3) is 4.13. The van der Waals surface area contributed by atoms with E-state index in [0.29, 0.717) is 12.4 Å². The minimum atomic E-state index is -0.491. The summed E-state index contributed by atoms with van der Waals surface area (Å²) in [5, 5.41) is 2.44. The van der Waals surface area contributed by atoms with Crippen LogP contribution in [0.15, 0.2) is 36.4 Å². The number of amides is 1. The molecule has 0 aliphatic rings. The number of hydrogen-bond donors (Lipinski definition) is 1. The zero-order valence-corrected chi connectivity index (χ0v) is 14.9. The molecule has 5 heteroatoms. The van der Waals surface area contributed by atoms with Crippen molar-refractivity contribution in [2.75, 3.05) is 7.05 Å². The third-order valence-electron chi connectivity index (χ3n) is 3.19. The Kier molecular flexibility index (Phi) is 5.65. The van der Waals surface area contributed by atoms with Crippen molar-refractivity contribution in [1.82, 2.24) is 5.32 Å². The summed E-state index contributed by atoms with van der Waals surface area (Å²) in [4.78, 5) is 11.4. The number of hydrogen-bond acceptors (Lipinski definition) is 3. The fourth-order valence-electron chi connectivity index (χ4n) is 2.04. The quantitative estimate of drug-likeness (QED) is 0.768. The normalized spacial score (nSPS) is 10.2. The van der Waals surface area contributed by atoms with Crippen molar-refractivity contribution in [3.63, 3.8) is 0 Å². The van der Waals surface area contributed by atoms with Gasteiger partial charge in [-0.3, -0.25) is 0 Å². The number of carbonyl (C=O) groups is 1. The lowest BCUT2D eigenvalue weighted by Gasteiger charge is -2.14. The average molecular weight is 411 g/mol. The molecular weight excluding hydrogens is 393 g/mol. The second-order valence-corrected chi connectivity index (χ2v) is 6.08. The topological polar surface area (TPSA) is 47.6 Å². The Morgan fingerprint density at radius 3 is 2.64 bits per heavy atom. The largest absolute Gasteiger partial charge is 0.488 e. The summed E-state index contributed by atoms with van der Waals surface area (Å²) in [6.07, 6.45) is -0.491. The molecule has 0 saturated carbocycles. The molecule has 0 aliphatic heterocycles. The monoisotopic (exact) mass is 411 g/mol. The first kappa shape index (κ1) is 16.6. The summed E-state index contributed by atoms with van der Waals surface area (Å²) >= 11 is 2.21. The SMILES string of the molecule is CNC(=O)Oc1cccc(I)c1COc1ccc(C)cc1C. The molecular formula is C17H18INO3. The maximum atomic E-state index is 11.4. The summed E-state index contributed by atoms with van der Waals surface area (Å²) in [7, 11) is 1.53. The second kappa shape index (κ2) is 7.49. The highest BCUT2D eigenvalue weighted by Crippen LogP contribution is 2.27. The first-order valence-electron chi connectivity index (χ1n) is 6.88. The van der Waals surface area contributed by atoms with Crippen LogP contribution in [0, 0.1) is 17.4 Å². The maximum absolute atomic E-state index is 11.4. The number of halogens is 1. The van der Waals surface area contributed by atoms with Crippen LogP contribution >= 0.6 is 22.6 Å². The fourth-order valence-corrected chi connectivity index (χ4v) is 2.67. The van der Waals surface area contributed by atoms with Gasteiger partial charge in [-0.1, -0.05) is 23.8 Å². The highest BCUT2D eigenvalue weighted by molar-refractivity contribution is 14.1. The number of carbonyl (C=O) groups excluding carboxylic acids is 1. The van der Waals surface area contributed by atoms with Gasteiger partial charge in [0, 0.05) is 16.2 Å². The van der Waals surface area contributed by atoms with Gasteiger partial charge in [-0.05, 0) is 60.2 Å². The van der Waals surface area contributed by atoms with E-state index >= 15 is 0 Å². The van der Waals surface area contributed by atoms with Gasteiger partial charge in [-0.2, -0.15) is 0 Å². The molecule has 0 fully saturated rings. The lowest BCUT2D eigenvalue weighted by Crippen LogP contribution is -2.23. The Labute approximate surface area is 144 Å². The molecule has 0 unspecified atom stereocenters. The molecule has 0 saturated heterocycles. The zero-order chi connectivity index (χ0) is 16.1.